The number of nitrogens with zero attached hydrogens (tertiary/aromatic N) is 1. The lowest BCUT2D eigenvalue weighted by Crippen LogP contribution is -2.49. The van der Waals surface area contributed by atoms with Gasteiger partial charge in [0.15, 0.2) is 0 Å². The summed E-state index contributed by atoms with van der Waals surface area (Å²) in [5, 5.41) is 5.58. The molecule has 2 rings (SSSR count). The Morgan fingerprint density at radius 3 is 2.48 bits per heavy atom. The van der Waals surface area contributed by atoms with Gasteiger partial charge in [0.05, 0.1) is 0 Å². The summed E-state index contributed by atoms with van der Waals surface area (Å²) in [5.74, 6) is -1.65. The molecule has 1 saturated carbocycles. The summed E-state index contributed by atoms with van der Waals surface area (Å²) in [6.45, 7) is -0.791. The summed E-state index contributed by atoms with van der Waals surface area (Å²) in [6.07, 6.45) is -3.05. The van der Waals surface area contributed by atoms with Gasteiger partial charge in [0.25, 0.3) is 5.91 Å². The van der Waals surface area contributed by atoms with Crippen LogP contribution in [-0.4, -0.2) is 53.6 Å². The number of nitrogens with one attached hydrogen (secondary N) is 3. The van der Waals surface area contributed by atoms with Gasteiger partial charge in [-0.25, -0.2) is 9.59 Å². The molecule has 8 nitrogen and oxygen atoms in total. The lowest BCUT2D eigenvalue weighted by atomic mass is 9.96. The van der Waals surface area contributed by atoms with Crippen molar-refractivity contribution in [3.63, 3.8) is 0 Å². The third-order valence-electron chi connectivity index (χ3n) is 3.70. The van der Waals surface area contributed by atoms with E-state index in [4.69, 9.17) is 0 Å². The van der Waals surface area contributed by atoms with Gasteiger partial charge in [0.1, 0.15) is 18.6 Å². The molecular formula is C12H15F3N4O4. The Kier molecular flexibility index (Phi) is 4.22. The summed E-state index contributed by atoms with van der Waals surface area (Å²) < 4.78 is 35.8. The van der Waals surface area contributed by atoms with Crippen LogP contribution < -0.4 is 16.0 Å². The van der Waals surface area contributed by atoms with Crippen LogP contribution in [0.15, 0.2) is 0 Å². The van der Waals surface area contributed by atoms with E-state index in [0.29, 0.717) is 4.90 Å². The van der Waals surface area contributed by atoms with Crippen LogP contribution in [0, 0.1) is 5.92 Å². The first-order chi connectivity index (χ1) is 10.5. The lowest BCUT2D eigenvalue weighted by molar-refractivity contribution is -0.134. The Hall–Kier alpha value is -2.33. The molecule has 128 valence electrons. The van der Waals surface area contributed by atoms with Crippen LogP contribution in [0.4, 0.5) is 22.8 Å². The van der Waals surface area contributed by atoms with Gasteiger partial charge >= 0.3 is 18.2 Å². The third-order valence-corrected chi connectivity index (χ3v) is 3.70. The highest BCUT2D eigenvalue weighted by atomic mass is 19.4. The van der Waals surface area contributed by atoms with Crippen LogP contribution in [-0.2, 0) is 9.59 Å². The van der Waals surface area contributed by atoms with Gasteiger partial charge in [0, 0.05) is 0 Å². The van der Waals surface area contributed by atoms with Gasteiger partial charge in [-0.3, -0.25) is 19.8 Å². The van der Waals surface area contributed by atoms with E-state index in [-0.39, 0.29) is 5.92 Å². The second-order valence-electron chi connectivity index (χ2n) is 5.64. The third kappa shape index (κ3) is 3.90. The van der Waals surface area contributed by atoms with Crippen molar-refractivity contribution in [2.75, 3.05) is 13.1 Å². The van der Waals surface area contributed by atoms with E-state index in [2.05, 4.69) is 5.32 Å². The maximum Gasteiger partial charge on any atom is 0.405 e. The number of rotatable bonds is 4. The molecule has 3 N–H and O–H groups in total. The molecule has 2 fully saturated rings. The van der Waals surface area contributed by atoms with Crippen LogP contribution in [0.1, 0.15) is 19.8 Å². The molecule has 2 aliphatic rings. The maximum absolute atomic E-state index is 12.2. The molecule has 1 aliphatic carbocycles. The van der Waals surface area contributed by atoms with Crippen molar-refractivity contribution in [3.8, 4) is 0 Å². The lowest BCUT2D eigenvalue weighted by Gasteiger charge is -2.20. The first-order valence-electron chi connectivity index (χ1n) is 6.81. The van der Waals surface area contributed by atoms with Crippen LogP contribution in [0.2, 0.25) is 0 Å². The number of hydrogen-bond donors (Lipinski definition) is 3. The van der Waals surface area contributed by atoms with Crippen molar-refractivity contribution in [2.24, 2.45) is 5.92 Å². The average Bonchev–Trinajstić information content (AvgIpc) is 3.22. The van der Waals surface area contributed by atoms with E-state index < -0.39 is 48.7 Å². The quantitative estimate of drug-likeness (QED) is 0.633. The fraction of sp³-hybridized carbons (Fsp3) is 0.667. The zero-order valence-corrected chi connectivity index (χ0v) is 12.1. The van der Waals surface area contributed by atoms with E-state index in [1.54, 1.807) is 12.2 Å². The predicted octanol–water partition coefficient (Wildman–Crippen LogP) is 0.0950. The molecule has 0 spiro atoms. The zero-order valence-electron chi connectivity index (χ0n) is 12.1. The van der Waals surface area contributed by atoms with E-state index in [0.717, 1.165) is 12.8 Å². The topological polar surface area (TPSA) is 108 Å². The predicted molar refractivity (Wildman–Crippen MR) is 69.0 cm³/mol. The highest BCUT2D eigenvalue weighted by molar-refractivity contribution is 6.10. The molecule has 1 saturated heterocycles. The Morgan fingerprint density at radius 2 is 1.96 bits per heavy atom. The number of amides is 6. The normalized spacial score (nSPS) is 24.4. The summed E-state index contributed by atoms with van der Waals surface area (Å²) in [7, 11) is 0. The molecular weight excluding hydrogens is 321 g/mol. The monoisotopic (exact) mass is 336 g/mol. The SMILES string of the molecule is C[C@@]1(C2CC2)NC(=O)N(CC(=O)NC(=O)NCC(F)(F)F)C1=O. The van der Waals surface area contributed by atoms with Gasteiger partial charge in [-0.15, -0.1) is 0 Å². The summed E-state index contributed by atoms with van der Waals surface area (Å²) >= 11 is 0. The largest absolute Gasteiger partial charge is 0.405 e. The standard InChI is InChI=1S/C12H15F3N4O4/c1-11(6-2-3-6)8(21)19(10(23)18-11)4-7(20)17-9(22)16-5-12(13,14)15/h6H,2-5H2,1H3,(H,18,23)(H2,16,17,20,22)/t11-/m0/s1. The first kappa shape index (κ1) is 17.0. The zero-order chi connectivity index (χ0) is 17.4. The summed E-state index contributed by atoms with van der Waals surface area (Å²) in [4.78, 5) is 47.4. The van der Waals surface area contributed by atoms with Gasteiger partial charge in [-0.2, -0.15) is 13.2 Å². The number of carbonyl (C=O) groups excluding carboxylic acids is 4. The van der Waals surface area contributed by atoms with Crippen molar-refractivity contribution in [2.45, 2.75) is 31.5 Å². The van der Waals surface area contributed by atoms with E-state index >= 15 is 0 Å². The van der Waals surface area contributed by atoms with Gasteiger partial charge in [-0.1, -0.05) is 0 Å². The van der Waals surface area contributed by atoms with Crippen LogP contribution in [0.5, 0.6) is 0 Å². The van der Waals surface area contributed by atoms with Crippen molar-refractivity contribution in [3.05, 3.63) is 0 Å². The minimum Gasteiger partial charge on any atom is -0.329 e. The molecule has 11 heteroatoms. The Balaban J connectivity index is 1.86. The second-order valence-corrected chi connectivity index (χ2v) is 5.64. The fourth-order valence-electron chi connectivity index (χ4n) is 2.33. The minimum absolute atomic E-state index is 0.00194. The Morgan fingerprint density at radius 1 is 1.35 bits per heavy atom. The molecule has 0 unspecified atom stereocenters. The maximum atomic E-state index is 12.2. The molecule has 0 aromatic heterocycles. The summed E-state index contributed by atoms with van der Waals surface area (Å²) in [5.41, 5.74) is -1.07. The molecule has 0 aromatic rings. The van der Waals surface area contributed by atoms with Gasteiger partial charge in [-0.05, 0) is 25.7 Å². The second kappa shape index (κ2) is 5.70. The highest BCUT2D eigenvalue weighted by Crippen LogP contribution is 2.42. The van der Waals surface area contributed by atoms with Crippen LogP contribution >= 0.6 is 0 Å². The number of halogens is 3. The van der Waals surface area contributed by atoms with Crippen molar-refractivity contribution < 1.29 is 32.3 Å². The summed E-state index contributed by atoms with van der Waals surface area (Å²) in [6, 6.07) is -2.13. The van der Waals surface area contributed by atoms with Gasteiger partial charge < -0.3 is 10.6 Å². The average molecular weight is 336 g/mol. The molecule has 0 bridgehead atoms. The number of hydrogen-bond acceptors (Lipinski definition) is 4. The molecule has 6 amide bonds. The Labute approximate surface area is 128 Å². The molecule has 1 aliphatic heterocycles. The van der Waals surface area contributed by atoms with Crippen molar-refractivity contribution in [1.82, 2.24) is 20.9 Å². The first-order valence-corrected chi connectivity index (χ1v) is 6.81. The molecule has 0 radical (unpaired) electrons. The smallest absolute Gasteiger partial charge is 0.329 e. The van der Waals surface area contributed by atoms with E-state index in [1.807, 2.05) is 0 Å². The number of alkyl halides is 3. The van der Waals surface area contributed by atoms with E-state index in [1.165, 1.54) is 5.32 Å². The van der Waals surface area contributed by atoms with E-state index in [9.17, 15) is 32.3 Å². The minimum atomic E-state index is -4.61. The molecule has 1 heterocycles. The number of imide groups is 2. The molecule has 23 heavy (non-hydrogen) atoms. The fourth-order valence-corrected chi connectivity index (χ4v) is 2.33. The van der Waals surface area contributed by atoms with Gasteiger partial charge in [0.2, 0.25) is 5.91 Å². The van der Waals surface area contributed by atoms with Crippen LogP contribution in [0.25, 0.3) is 0 Å². The molecule has 1 atom stereocenters. The highest BCUT2D eigenvalue weighted by Gasteiger charge is 2.56. The van der Waals surface area contributed by atoms with Crippen molar-refractivity contribution >= 4 is 23.9 Å². The van der Waals surface area contributed by atoms with Crippen molar-refractivity contribution in [1.29, 1.82) is 0 Å². The Bertz CT molecular complexity index is 561. The number of urea groups is 2. The van der Waals surface area contributed by atoms with Crippen LogP contribution in [0.3, 0.4) is 0 Å². The molecule has 0 aromatic carbocycles. The number of carbonyl (C=O) groups is 4.